The molecule has 0 aliphatic rings. The van der Waals surface area contributed by atoms with Crippen molar-refractivity contribution in [3.05, 3.63) is 58.4 Å². The molecule has 0 atom stereocenters. The first-order valence-electron chi connectivity index (χ1n) is 8.64. The van der Waals surface area contributed by atoms with Crippen LogP contribution >= 0.6 is 12.2 Å². The molecular weight excluding hydrogens is 360 g/mol. The van der Waals surface area contributed by atoms with E-state index in [1.54, 1.807) is 7.11 Å². The second kappa shape index (κ2) is 8.18. The second-order valence-electron chi connectivity index (χ2n) is 6.36. The van der Waals surface area contributed by atoms with Crippen LogP contribution in [-0.4, -0.2) is 27.8 Å². The predicted molar refractivity (Wildman–Crippen MR) is 109 cm³/mol. The first kappa shape index (κ1) is 18.8. The number of ether oxygens (including phenoxy) is 1. The molecule has 3 aromatic rings. The molecule has 6 nitrogen and oxygen atoms in total. The van der Waals surface area contributed by atoms with Gasteiger partial charge < -0.3 is 10.1 Å². The maximum atomic E-state index is 12.4. The molecule has 0 radical (unpaired) electrons. The SMILES string of the molecule is COc1ccc(NC(=O)CCn2c(-c3cccc(C)c3)n[nH]c2=S)cc1C. The minimum atomic E-state index is -0.0853. The molecule has 27 heavy (non-hydrogen) atoms. The van der Waals surface area contributed by atoms with Gasteiger partial charge >= 0.3 is 0 Å². The number of anilines is 1. The van der Waals surface area contributed by atoms with E-state index >= 15 is 0 Å². The van der Waals surface area contributed by atoms with Gasteiger partial charge in [0.2, 0.25) is 5.91 Å². The van der Waals surface area contributed by atoms with Gasteiger partial charge in [-0.15, -0.1) is 0 Å². The zero-order chi connectivity index (χ0) is 19.4. The summed E-state index contributed by atoms with van der Waals surface area (Å²) in [5.74, 6) is 1.44. The monoisotopic (exact) mass is 382 g/mol. The first-order chi connectivity index (χ1) is 13.0. The van der Waals surface area contributed by atoms with Crippen molar-refractivity contribution in [2.75, 3.05) is 12.4 Å². The van der Waals surface area contributed by atoms with Gasteiger partial charge in [-0.25, -0.2) is 0 Å². The zero-order valence-corrected chi connectivity index (χ0v) is 16.4. The number of aromatic nitrogens is 3. The largest absolute Gasteiger partial charge is 0.496 e. The molecule has 0 unspecified atom stereocenters. The molecule has 140 valence electrons. The Morgan fingerprint density at radius 3 is 2.78 bits per heavy atom. The first-order valence-corrected chi connectivity index (χ1v) is 9.05. The van der Waals surface area contributed by atoms with E-state index in [0.717, 1.165) is 34.0 Å². The van der Waals surface area contributed by atoms with Crippen molar-refractivity contribution in [1.82, 2.24) is 14.8 Å². The third-order valence-corrected chi connectivity index (χ3v) is 4.59. The van der Waals surface area contributed by atoms with Crippen molar-refractivity contribution in [2.45, 2.75) is 26.8 Å². The average molecular weight is 382 g/mol. The van der Waals surface area contributed by atoms with Crippen molar-refractivity contribution in [3.8, 4) is 17.1 Å². The summed E-state index contributed by atoms with van der Waals surface area (Å²) in [6.45, 7) is 4.41. The van der Waals surface area contributed by atoms with E-state index in [1.165, 1.54) is 0 Å². The molecule has 2 aromatic carbocycles. The van der Waals surface area contributed by atoms with Gasteiger partial charge in [0.25, 0.3) is 0 Å². The van der Waals surface area contributed by atoms with Crippen LogP contribution in [0.2, 0.25) is 0 Å². The Hall–Kier alpha value is -2.93. The molecule has 0 aliphatic carbocycles. The van der Waals surface area contributed by atoms with E-state index in [1.807, 2.05) is 60.9 Å². The van der Waals surface area contributed by atoms with Crippen molar-refractivity contribution in [1.29, 1.82) is 0 Å². The van der Waals surface area contributed by atoms with E-state index in [2.05, 4.69) is 15.5 Å². The van der Waals surface area contributed by atoms with E-state index in [4.69, 9.17) is 17.0 Å². The normalized spacial score (nSPS) is 10.6. The quantitative estimate of drug-likeness (QED) is 0.625. The lowest BCUT2D eigenvalue weighted by Gasteiger charge is -2.10. The number of carbonyl (C=O) groups is 1. The summed E-state index contributed by atoms with van der Waals surface area (Å²) in [6.07, 6.45) is 0.289. The summed E-state index contributed by atoms with van der Waals surface area (Å²) < 4.78 is 7.59. The van der Waals surface area contributed by atoms with Gasteiger partial charge in [0.05, 0.1) is 7.11 Å². The maximum Gasteiger partial charge on any atom is 0.226 e. The molecule has 2 N–H and O–H groups in total. The van der Waals surface area contributed by atoms with Crippen molar-refractivity contribution in [2.24, 2.45) is 0 Å². The number of aryl methyl sites for hydroxylation is 2. The second-order valence-corrected chi connectivity index (χ2v) is 6.74. The number of aromatic amines is 1. The number of rotatable bonds is 6. The van der Waals surface area contributed by atoms with E-state index < -0.39 is 0 Å². The van der Waals surface area contributed by atoms with Crippen molar-refractivity contribution < 1.29 is 9.53 Å². The Kier molecular flexibility index (Phi) is 5.71. The standard InChI is InChI=1S/C20H22N4O2S/c1-13-5-4-6-15(11-13)19-22-23-20(27)24(19)10-9-18(25)21-16-7-8-17(26-3)14(2)12-16/h4-8,11-12H,9-10H2,1-3H3,(H,21,25)(H,23,27). The molecule has 1 amide bonds. The van der Waals surface area contributed by atoms with Gasteiger partial charge in [0.15, 0.2) is 10.6 Å². The number of benzene rings is 2. The lowest BCUT2D eigenvalue weighted by atomic mass is 10.1. The van der Waals surface area contributed by atoms with Crippen LogP contribution in [0.4, 0.5) is 5.69 Å². The predicted octanol–water partition coefficient (Wildman–Crippen LogP) is 4.26. The van der Waals surface area contributed by atoms with Gasteiger partial charge in [-0.05, 0) is 55.9 Å². The molecular formula is C20H22N4O2S. The smallest absolute Gasteiger partial charge is 0.226 e. The van der Waals surface area contributed by atoms with E-state index in [0.29, 0.717) is 11.3 Å². The summed E-state index contributed by atoms with van der Waals surface area (Å²) >= 11 is 5.33. The summed E-state index contributed by atoms with van der Waals surface area (Å²) in [5.41, 5.74) is 3.82. The van der Waals surface area contributed by atoms with Gasteiger partial charge in [0, 0.05) is 24.2 Å². The number of amides is 1. The third-order valence-electron chi connectivity index (χ3n) is 4.28. The third kappa shape index (κ3) is 4.43. The van der Waals surface area contributed by atoms with Crippen LogP contribution in [0.15, 0.2) is 42.5 Å². The summed E-state index contributed by atoms with van der Waals surface area (Å²) in [4.78, 5) is 12.4. The van der Waals surface area contributed by atoms with E-state index in [9.17, 15) is 4.79 Å². The Balaban J connectivity index is 1.70. The van der Waals surface area contributed by atoms with Gasteiger partial charge in [-0.2, -0.15) is 5.10 Å². The lowest BCUT2D eigenvalue weighted by Crippen LogP contribution is -2.15. The molecule has 1 aromatic heterocycles. The number of methoxy groups -OCH3 is 1. The molecule has 0 saturated carbocycles. The minimum absolute atomic E-state index is 0.0853. The lowest BCUT2D eigenvalue weighted by molar-refractivity contribution is -0.116. The number of nitrogens with one attached hydrogen (secondary N) is 2. The van der Waals surface area contributed by atoms with Gasteiger partial charge in [0.1, 0.15) is 5.75 Å². The number of carbonyl (C=O) groups excluding carboxylic acids is 1. The Bertz CT molecular complexity index is 1020. The molecule has 3 rings (SSSR count). The number of nitrogens with zero attached hydrogens (tertiary/aromatic N) is 2. The maximum absolute atomic E-state index is 12.4. The molecule has 0 aliphatic heterocycles. The van der Waals surface area contributed by atoms with Gasteiger partial charge in [-0.1, -0.05) is 23.8 Å². The minimum Gasteiger partial charge on any atom is -0.496 e. The fourth-order valence-electron chi connectivity index (χ4n) is 2.92. The van der Waals surface area contributed by atoms with Crippen LogP contribution < -0.4 is 10.1 Å². The average Bonchev–Trinajstić information content (AvgIpc) is 3.01. The highest BCUT2D eigenvalue weighted by atomic mass is 32.1. The Labute approximate surface area is 163 Å². The highest BCUT2D eigenvalue weighted by Crippen LogP contribution is 2.22. The summed E-state index contributed by atoms with van der Waals surface area (Å²) in [6, 6.07) is 13.6. The summed E-state index contributed by atoms with van der Waals surface area (Å²) in [5, 5.41) is 10.1. The molecule has 0 spiro atoms. The molecule has 0 bridgehead atoms. The van der Waals surface area contributed by atoms with E-state index in [-0.39, 0.29) is 12.3 Å². The zero-order valence-electron chi connectivity index (χ0n) is 15.6. The van der Waals surface area contributed by atoms with Crippen molar-refractivity contribution >= 4 is 23.8 Å². The van der Waals surface area contributed by atoms with Crippen LogP contribution in [-0.2, 0) is 11.3 Å². The fraction of sp³-hybridized carbons (Fsp3) is 0.250. The van der Waals surface area contributed by atoms with Crippen LogP contribution in [0.3, 0.4) is 0 Å². The van der Waals surface area contributed by atoms with Crippen LogP contribution in [0.25, 0.3) is 11.4 Å². The molecule has 1 heterocycles. The highest BCUT2D eigenvalue weighted by molar-refractivity contribution is 7.71. The number of hydrogen-bond acceptors (Lipinski definition) is 4. The van der Waals surface area contributed by atoms with Crippen LogP contribution in [0.1, 0.15) is 17.5 Å². The number of H-pyrrole nitrogens is 1. The highest BCUT2D eigenvalue weighted by Gasteiger charge is 2.11. The van der Waals surface area contributed by atoms with Crippen molar-refractivity contribution in [3.63, 3.8) is 0 Å². The molecule has 0 saturated heterocycles. The Morgan fingerprint density at radius 2 is 2.07 bits per heavy atom. The Morgan fingerprint density at radius 1 is 1.26 bits per heavy atom. The molecule has 7 heteroatoms. The summed E-state index contributed by atoms with van der Waals surface area (Å²) in [7, 11) is 1.63. The molecule has 0 fully saturated rings. The van der Waals surface area contributed by atoms with Gasteiger partial charge in [-0.3, -0.25) is 14.5 Å². The topological polar surface area (TPSA) is 71.9 Å². The fourth-order valence-corrected chi connectivity index (χ4v) is 3.15. The number of hydrogen-bond donors (Lipinski definition) is 2. The van der Waals surface area contributed by atoms with Crippen LogP contribution in [0, 0.1) is 18.6 Å². The van der Waals surface area contributed by atoms with Crippen LogP contribution in [0.5, 0.6) is 5.75 Å².